The van der Waals surface area contributed by atoms with Crippen LogP contribution in [0.25, 0.3) is 0 Å². The molecule has 1 aromatic carbocycles. The van der Waals surface area contributed by atoms with Crippen LogP contribution in [0, 0.1) is 5.92 Å². The summed E-state index contributed by atoms with van der Waals surface area (Å²) in [6.07, 6.45) is 5.23. The molecule has 6 nitrogen and oxygen atoms in total. The highest BCUT2D eigenvalue weighted by molar-refractivity contribution is 6.30. The van der Waals surface area contributed by atoms with Gasteiger partial charge in [0.05, 0.1) is 6.04 Å². The van der Waals surface area contributed by atoms with E-state index >= 15 is 0 Å². The maximum atomic E-state index is 13.1. The zero-order chi connectivity index (χ0) is 21.5. The second-order valence-electron chi connectivity index (χ2n) is 8.57. The number of urea groups is 1. The second kappa shape index (κ2) is 11.0. The lowest BCUT2D eigenvalue weighted by atomic mass is 9.98. The van der Waals surface area contributed by atoms with Crippen molar-refractivity contribution >= 4 is 23.5 Å². The molecular weight excluding hydrogens is 400 g/mol. The van der Waals surface area contributed by atoms with E-state index in [1.165, 1.54) is 12.8 Å². The van der Waals surface area contributed by atoms with Crippen molar-refractivity contribution < 1.29 is 9.59 Å². The summed E-state index contributed by atoms with van der Waals surface area (Å²) in [5, 5.41) is 6.83. The molecule has 2 saturated heterocycles. The van der Waals surface area contributed by atoms with Gasteiger partial charge in [0.15, 0.2) is 0 Å². The number of rotatable bonds is 8. The van der Waals surface area contributed by atoms with Crippen molar-refractivity contribution in [1.82, 2.24) is 20.4 Å². The molecule has 2 N–H and O–H groups in total. The normalized spacial score (nSPS) is 20.0. The third kappa shape index (κ3) is 5.88. The van der Waals surface area contributed by atoms with E-state index in [0.29, 0.717) is 11.6 Å². The fraction of sp³-hybridized carbons (Fsp3) is 0.652. The predicted molar refractivity (Wildman–Crippen MR) is 121 cm³/mol. The van der Waals surface area contributed by atoms with Crippen molar-refractivity contribution in [3.05, 3.63) is 34.9 Å². The Kier molecular flexibility index (Phi) is 8.40. The van der Waals surface area contributed by atoms with Crippen molar-refractivity contribution in [2.75, 3.05) is 32.7 Å². The maximum Gasteiger partial charge on any atom is 0.318 e. The molecule has 166 valence electrons. The highest BCUT2D eigenvalue weighted by Gasteiger charge is 2.30. The van der Waals surface area contributed by atoms with Crippen LogP contribution in [-0.4, -0.2) is 60.5 Å². The van der Waals surface area contributed by atoms with Crippen LogP contribution in [0.15, 0.2) is 24.3 Å². The van der Waals surface area contributed by atoms with Gasteiger partial charge in [0, 0.05) is 24.7 Å². The quantitative estimate of drug-likeness (QED) is 0.653. The number of hydrogen-bond donors (Lipinski definition) is 2. The van der Waals surface area contributed by atoms with Gasteiger partial charge in [-0.1, -0.05) is 44.0 Å². The Morgan fingerprint density at radius 1 is 1.10 bits per heavy atom. The smallest absolute Gasteiger partial charge is 0.318 e. The zero-order valence-electron chi connectivity index (χ0n) is 18.2. The Hall–Kier alpha value is -1.79. The molecule has 2 fully saturated rings. The van der Waals surface area contributed by atoms with Gasteiger partial charge in [-0.3, -0.25) is 9.69 Å². The lowest BCUT2D eigenvalue weighted by molar-refractivity contribution is -0.124. The van der Waals surface area contributed by atoms with E-state index in [4.69, 9.17) is 11.6 Å². The molecule has 2 aliphatic rings. The minimum atomic E-state index is -0.526. The van der Waals surface area contributed by atoms with Crippen molar-refractivity contribution in [2.45, 2.75) is 58.0 Å². The second-order valence-corrected chi connectivity index (χ2v) is 9.00. The molecule has 2 unspecified atom stereocenters. The van der Waals surface area contributed by atoms with Gasteiger partial charge >= 0.3 is 6.03 Å². The van der Waals surface area contributed by atoms with Gasteiger partial charge < -0.3 is 15.5 Å². The summed E-state index contributed by atoms with van der Waals surface area (Å²) in [5.41, 5.74) is 1.12. The highest BCUT2D eigenvalue weighted by atomic mass is 35.5. The Morgan fingerprint density at radius 2 is 1.77 bits per heavy atom. The van der Waals surface area contributed by atoms with Crippen LogP contribution < -0.4 is 10.6 Å². The first-order valence-corrected chi connectivity index (χ1v) is 11.7. The molecule has 0 aromatic heterocycles. The summed E-state index contributed by atoms with van der Waals surface area (Å²) < 4.78 is 0. The molecule has 3 amide bonds. The Bertz CT molecular complexity index is 717. The van der Waals surface area contributed by atoms with Crippen LogP contribution in [0.4, 0.5) is 4.79 Å². The third-order valence-electron chi connectivity index (χ3n) is 6.45. The molecular formula is C23H35ClN4O2. The van der Waals surface area contributed by atoms with Crippen LogP contribution >= 0.6 is 11.6 Å². The van der Waals surface area contributed by atoms with Crippen LogP contribution in [0.2, 0.25) is 5.02 Å². The van der Waals surface area contributed by atoms with E-state index in [1.807, 2.05) is 36.9 Å². The van der Waals surface area contributed by atoms with Crippen molar-refractivity contribution in [3.8, 4) is 0 Å². The van der Waals surface area contributed by atoms with Gasteiger partial charge in [-0.15, -0.1) is 0 Å². The Balaban J connectivity index is 1.67. The van der Waals surface area contributed by atoms with E-state index in [1.54, 1.807) is 0 Å². The number of nitrogens with zero attached hydrogens (tertiary/aromatic N) is 2. The standard InChI is InChI=1S/C23H35ClN4O2/c1-3-17(2)21(26-23(30)28-13-6-7-14-28)22(29)25-16-20(27-11-4-5-12-27)18-9-8-10-19(24)15-18/h8-10,15,17,20-21H,3-7,11-14,16H2,1-2H3,(H,25,29)(H,26,30)/t17?,20?,21-/m0/s1. The first kappa shape index (κ1) is 22.9. The topological polar surface area (TPSA) is 64.7 Å². The fourth-order valence-corrected chi connectivity index (χ4v) is 4.58. The number of carbonyl (C=O) groups excluding carboxylic acids is 2. The van der Waals surface area contributed by atoms with Gasteiger partial charge in [-0.05, 0) is 62.4 Å². The molecule has 7 heteroatoms. The predicted octanol–water partition coefficient (Wildman–Crippen LogP) is 3.81. The van der Waals surface area contributed by atoms with Crippen LogP contribution in [0.3, 0.4) is 0 Å². The average Bonchev–Trinajstić information content (AvgIpc) is 3.46. The summed E-state index contributed by atoms with van der Waals surface area (Å²) in [5.74, 6) is -0.0453. The largest absolute Gasteiger partial charge is 0.352 e. The lowest BCUT2D eigenvalue weighted by Gasteiger charge is -2.30. The number of hydrogen-bond acceptors (Lipinski definition) is 3. The number of likely N-dealkylation sites (tertiary alicyclic amines) is 2. The van der Waals surface area contributed by atoms with Crippen molar-refractivity contribution in [1.29, 1.82) is 0 Å². The third-order valence-corrected chi connectivity index (χ3v) is 6.69. The van der Waals surface area contributed by atoms with Crippen LogP contribution in [0.1, 0.15) is 57.6 Å². The fourth-order valence-electron chi connectivity index (χ4n) is 4.38. The molecule has 2 aliphatic heterocycles. The van der Waals surface area contributed by atoms with Gasteiger partial charge in [-0.2, -0.15) is 0 Å². The number of benzene rings is 1. The SMILES string of the molecule is CCC(C)[C@H](NC(=O)N1CCCC1)C(=O)NCC(c1cccc(Cl)c1)N1CCCC1. The Labute approximate surface area is 185 Å². The number of amides is 3. The number of nitrogens with one attached hydrogen (secondary N) is 2. The number of carbonyl (C=O) groups is 2. The van der Waals surface area contributed by atoms with Crippen molar-refractivity contribution in [2.24, 2.45) is 5.92 Å². The molecule has 0 saturated carbocycles. The maximum absolute atomic E-state index is 13.1. The summed E-state index contributed by atoms with van der Waals surface area (Å²) in [7, 11) is 0. The van der Waals surface area contributed by atoms with Gasteiger partial charge in [0.25, 0.3) is 0 Å². The molecule has 0 radical (unpaired) electrons. The van der Waals surface area contributed by atoms with Gasteiger partial charge in [0.2, 0.25) is 5.91 Å². The van der Waals surface area contributed by atoms with Crippen LogP contribution in [0.5, 0.6) is 0 Å². The summed E-state index contributed by atoms with van der Waals surface area (Å²) in [4.78, 5) is 29.9. The Morgan fingerprint density at radius 3 is 2.40 bits per heavy atom. The van der Waals surface area contributed by atoms with Gasteiger partial charge in [0.1, 0.15) is 6.04 Å². The first-order valence-electron chi connectivity index (χ1n) is 11.3. The average molecular weight is 435 g/mol. The molecule has 30 heavy (non-hydrogen) atoms. The summed E-state index contributed by atoms with van der Waals surface area (Å²) >= 11 is 6.23. The molecule has 1 aromatic rings. The summed E-state index contributed by atoms with van der Waals surface area (Å²) in [6, 6.07) is 7.32. The van der Waals surface area contributed by atoms with E-state index in [0.717, 1.165) is 51.0 Å². The molecule has 0 spiro atoms. The first-order chi connectivity index (χ1) is 14.5. The van der Waals surface area contributed by atoms with E-state index in [-0.39, 0.29) is 23.9 Å². The molecule has 0 aliphatic carbocycles. The highest BCUT2D eigenvalue weighted by Crippen LogP contribution is 2.26. The molecule has 3 rings (SSSR count). The molecule has 3 atom stereocenters. The molecule has 0 bridgehead atoms. The monoisotopic (exact) mass is 434 g/mol. The van der Waals surface area contributed by atoms with E-state index < -0.39 is 6.04 Å². The van der Waals surface area contributed by atoms with E-state index in [9.17, 15) is 9.59 Å². The van der Waals surface area contributed by atoms with Crippen LogP contribution in [-0.2, 0) is 4.79 Å². The van der Waals surface area contributed by atoms with Crippen molar-refractivity contribution in [3.63, 3.8) is 0 Å². The molecule has 2 heterocycles. The minimum Gasteiger partial charge on any atom is -0.352 e. The van der Waals surface area contributed by atoms with Gasteiger partial charge in [-0.25, -0.2) is 4.79 Å². The summed E-state index contributed by atoms with van der Waals surface area (Å²) in [6.45, 7) is 8.15. The number of halogens is 1. The lowest BCUT2D eigenvalue weighted by Crippen LogP contribution is -2.54. The zero-order valence-corrected chi connectivity index (χ0v) is 19.0. The van der Waals surface area contributed by atoms with E-state index in [2.05, 4.69) is 21.6 Å². The minimum absolute atomic E-state index is 0.0629.